The Morgan fingerprint density at radius 2 is 1.79 bits per heavy atom. The maximum atomic E-state index is 13.4. The van der Waals surface area contributed by atoms with E-state index in [0.717, 1.165) is 22.4 Å². The number of hydrogen-bond acceptors (Lipinski definition) is 7. The minimum atomic E-state index is -0.408. The van der Waals surface area contributed by atoms with Gasteiger partial charge in [-0.25, -0.2) is 0 Å². The van der Waals surface area contributed by atoms with Crippen molar-refractivity contribution in [1.29, 1.82) is 0 Å². The molecule has 0 unspecified atom stereocenters. The average molecular weight is 439 g/mol. The van der Waals surface area contributed by atoms with E-state index in [0.29, 0.717) is 30.2 Å². The van der Waals surface area contributed by atoms with Gasteiger partial charge >= 0.3 is 0 Å². The van der Waals surface area contributed by atoms with Crippen LogP contribution in [0.3, 0.4) is 0 Å². The van der Waals surface area contributed by atoms with E-state index in [-0.39, 0.29) is 5.91 Å². The van der Waals surface area contributed by atoms with Gasteiger partial charge in [-0.1, -0.05) is 52.8 Å². The Balaban J connectivity index is 1.42. The average Bonchev–Trinajstić information content (AvgIpc) is 3.53. The van der Waals surface area contributed by atoms with Crippen LogP contribution in [0.25, 0.3) is 22.6 Å². The van der Waals surface area contributed by atoms with E-state index in [1.165, 1.54) is 7.11 Å². The first-order chi connectivity index (χ1) is 16.2. The molecule has 1 fully saturated rings. The molecule has 0 N–H and O–H groups in total. The Kier molecular flexibility index (Phi) is 5.63. The Morgan fingerprint density at radius 3 is 2.52 bits per heavy atom. The zero-order chi connectivity index (χ0) is 22.6. The van der Waals surface area contributed by atoms with E-state index in [1.807, 2.05) is 60.7 Å². The zero-order valence-electron chi connectivity index (χ0n) is 18.0. The van der Waals surface area contributed by atoms with Gasteiger partial charge in [0.1, 0.15) is 13.2 Å². The topological polar surface area (TPSA) is 93.7 Å². The molecule has 8 heteroatoms. The van der Waals surface area contributed by atoms with Crippen molar-refractivity contribution >= 4 is 11.6 Å². The van der Waals surface area contributed by atoms with Crippen LogP contribution in [0.4, 0.5) is 0 Å². The van der Waals surface area contributed by atoms with Crippen LogP contribution in [0.5, 0.6) is 0 Å². The first-order valence-corrected chi connectivity index (χ1v) is 10.5. The number of likely N-dealkylation sites (tertiary alicyclic amines) is 1. The molecule has 2 aromatic carbocycles. The van der Waals surface area contributed by atoms with E-state index < -0.39 is 6.04 Å². The molecule has 3 heterocycles. The summed E-state index contributed by atoms with van der Waals surface area (Å²) in [5.74, 6) is 0.646. The summed E-state index contributed by atoms with van der Waals surface area (Å²) in [6.45, 7) is 0.328. The van der Waals surface area contributed by atoms with Gasteiger partial charge in [-0.05, 0) is 35.4 Å². The first kappa shape index (κ1) is 20.6. The van der Waals surface area contributed by atoms with Crippen LogP contribution < -0.4 is 0 Å². The Morgan fingerprint density at radius 1 is 1.03 bits per heavy atom. The maximum absolute atomic E-state index is 13.4. The highest BCUT2D eigenvalue weighted by Gasteiger charge is 2.38. The lowest BCUT2D eigenvalue weighted by atomic mass is 10.0. The van der Waals surface area contributed by atoms with Crippen molar-refractivity contribution in [3.05, 3.63) is 90.5 Å². The molecule has 1 atom stereocenters. The lowest BCUT2D eigenvalue weighted by molar-refractivity contribution is 0.0732. The van der Waals surface area contributed by atoms with Crippen molar-refractivity contribution < 1.29 is 14.2 Å². The summed E-state index contributed by atoms with van der Waals surface area (Å²) in [5, 5.41) is 8.22. The van der Waals surface area contributed by atoms with E-state index in [1.54, 1.807) is 23.4 Å². The normalized spacial score (nSPS) is 16.8. The molecule has 1 saturated heterocycles. The summed E-state index contributed by atoms with van der Waals surface area (Å²) >= 11 is 0. The number of pyridine rings is 1. The molecule has 2 aromatic heterocycles. The van der Waals surface area contributed by atoms with Crippen LogP contribution in [0.1, 0.15) is 28.6 Å². The van der Waals surface area contributed by atoms with Gasteiger partial charge in [-0.15, -0.1) is 0 Å². The Labute approximate surface area is 190 Å². The Hall–Kier alpha value is -4.33. The predicted molar refractivity (Wildman–Crippen MR) is 122 cm³/mol. The van der Waals surface area contributed by atoms with Gasteiger partial charge in [0.05, 0.1) is 17.8 Å². The monoisotopic (exact) mass is 439 g/mol. The smallest absolute Gasteiger partial charge is 0.259 e. The maximum Gasteiger partial charge on any atom is 0.259 e. The minimum absolute atomic E-state index is 0.131. The number of carbonyl (C=O) groups excluding carboxylic acids is 1. The molecule has 0 bridgehead atoms. The number of oxime groups is 1. The molecule has 5 rings (SSSR count). The minimum Gasteiger partial charge on any atom is -0.399 e. The van der Waals surface area contributed by atoms with Gasteiger partial charge in [0.15, 0.2) is 5.82 Å². The van der Waals surface area contributed by atoms with Crippen molar-refractivity contribution in [2.24, 2.45) is 5.16 Å². The van der Waals surface area contributed by atoms with Crippen molar-refractivity contribution in [2.75, 3.05) is 13.7 Å². The fourth-order valence-corrected chi connectivity index (χ4v) is 3.92. The van der Waals surface area contributed by atoms with E-state index in [4.69, 9.17) is 9.36 Å². The number of rotatable bonds is 5. The van der Waals surface area contributed by atoms with E-state index in [9.17, 15) is 4.79 Å². The Bertz CT molecular complexity index is 1270. The molecule has 1 aliphatic heterocycles. The molecule has 0 radical (unpaired) electrons. The van der Waals surface area contributed by atoms with Crippen LogP contribution in [0.15, 0.2) is 88.8 Å². The van der Waals surface area contributed by atoms with Crippen molar-refractivity contribution in [3.63, 3.8) is 0 Å². The summed E-state index contributed by atoms with van der Waals surface area (Å²) in [6.07, 6.45) is 3.80. The van der Waals surface area contributed by atoms with Crippen LogP contribution in [-0.4, -0.2) is 45.3 Å². The third kappa shape index (κ3) is 4.23. The van der Waals surface area contributed by atoms with E-state index in [2.05, 4.69) is 20.3 Å². The second kappa shape index (κ2) is 9.04. The van der Waals surface area contributed by atoms with Crippen LogP contribution in [-0.2, 0) is 4.84 Å². The molecule has 0 aliphatic carbocycles. The number of carbonyl (C=O) groups is 1. The van der Waals surface area contributed by atoms with Crippen LogP contribution in [0, 0.1) is 0 Å². The predicted octanol–water partition coefficient (Wildman–Crippen LogP) is 4.39. The number of aromatic nitrogens is 3. The van der Waals surface area contributed by atoms with Crippen molar-refractivity contribution in [1.82, 2.24) is 20.0 Å². The second-order valence-electron chi connectivity index (χ2n) is 7.64. The first-order valence-electron chi connectivity index (χ1n) is 10.5. The third-order valence-electron chi connectivity index (χ3n) is 5.53. The molecule has 0 spiro atoms. The van der Waals surface area contributed by atoms with Gasteiger partial charge in [0.25, 0.3) is 11.8 Å². The highest BCUT2D eigenvalue weighted by Crippen LogP contribution is 2.32. The van der Waals surface area contributed by atoms with Gasteiger partial charge in [-0.2, -0.15) is 4.98 Å². The lowest BCUT2D eigenvalue weighted by Gasteiger charge is -2.21. The molecular formula is C25H21N5O3. The molecule has 8 nitrogen and oxygen atoms in total. The molecule has 1 aliphatic rings. The SMILES string of the molecule is CON=C1C[C@@H](c2noc(-c3cccnc3)n2)N(C(=O)c2ccc(-c3ccccc3)cc2)C1. The van der Waals surface area contributed by atoms with Gasteiger partial charge in [0, 0.05) is 24.4 Å². The zero-order valence-corrected chi connectivity index (χ0v) is 18.0. The number of amides is 1. The van der Waals surface area contributed by atoms with Gasteiger partial charge < -0.3 is 14.3 Å². The summed E-state index contributed by atoms with van der Waals surface area (Å²) in [7, 11) is 1.49. The van der Waals surface area contributed by atoms with Crippen LogP contribution in [0.2, 0.25) is 0 Å². The fraction of sp³-hybridized carbons (Fsp3) is 0.160. The molecule has 0 saturated carbocycles. The summed E-state index contributed by atoms with van der Waals surface area (Å²) in [4.78, 5) is 28.7. The van der Waals surface area contributed by atoms with Crippen LogP contribution >= 0.6 is 0 Å². The molecule has 1 amide bonds. The summed E-state index contributed by atoms with van der Waals surface area (Å²) in [5.41, 5.74) is 4.18. The third-order valence-corrected chi connectivity index (χ3v) is 5.53. The number of benzene rings is 2. The fourth-order valence-electron chi connectivity index (χ4n) is 3.92. The molecule has 4 aromatic rings. The largest absolute Gasteiger partial charge is 0.399 e. The molecule has 33 heavy (non-hydrogen) atoms. The second-order valence-corrected chi connectivity index (χ2v) is 7.64. The van der Waals surface area contributed by atoms with E-state index >= 15 is 0 Å². The van der Waals surface area contributed by atoms with Gasteiger partial charge in [0.2, 0.25) is 0 Å². The molecular weight excluding hydrogens is 418 g/mol. The summed E-state index contributed by atoms with van der Waals surface area (Å²) < 4.78 is 5.45. The van der Waals surface area contributed by atoms with Gasteiger partial charge in [-0.3, -0.25) is 9.78 Å². The number of hydrogen-bond donors (Lipinski definition) is 0. The van der Waals surface area contributed by atoms with Crippen molar-refractivity contribution in [2.45, 2.75) is 12.5 Å². The summed E-state index contributed by atoms with van der Waals surface area (Å²) in [6, 6.07) is 20.8. The highest BCUT2D eigenvalue weighted by molar-refractivity contribution is 6.00. The standard InChI is InChI=1S/C25H21N5O3/c1-32-28-21-14-22(23-27-24(33-29-23)20-8-5-13-26-15-20)30(16-21)25(31)19-11-9-18(10-12-19)17-6-3-2-4-7-17/h2-13,15,22H,14,16H2,1H3/t22-/m0/s1. The van der Waals surface area contributed by atoms with Crippen molar-refractivity contribution in [3.8, 4) is 22.6 Å². The molecule has 164 valence electrons. The lowest BCUT2D eigenvalue weighted by Crippen LogP contribution is -2.31. The highest BCUT2D eigenvalue weighted by atomic mass is 16.6. The number of nitrogens with zero attached hydrogens (tertiary/aromatic N) is 5. The quantitative estimate of drug-likeness (QED) is 0.428.